The highest BCUT2D eigenvalue weighted by Gasteiger charge is 2.17. The van der Waals surface area contributed by atoms with Crippen molar-refractivity contribution in [2.24, 2.45) is 5.73 Å². The van der Waals surface area contributed by atoms with Gasteiger partial charge in [-0.25, -0.2) is 0 Å². The molecule has 0 fully saturated rings. The van der Waals surface area contributed by atoms with Crippen molar-refractivity contribution in [3.05, 3.63) is 35.4 Å². The molecule has 0 saturated carbocycles. The van der Waals surface area contributed by atoms with Gasteiger partial charge in [0.25, 0.3) is 0 Å². The van der Waals surface area contributed by atoms with Gasteiger partial charge in [-0.2, -0.15) is 0 Å². The normalized spacial score (nSPS) is 21.6. The van der Waals surface area contributed by atoms with Crippen molar-refractivity contribution in [2.45, 2.75) is 19.0 Å². The second-order valence-electron chi connectivity index (χ2n) is 3.24. The van der Waals surface area contributed by atoms with E-state index in [9.17, 15) is 4.79 Å². The van der Waals surface area contributed by atoms with Crippen molar-refractivity contribution in [3.8, 4) is 0 Å². The van der Waals surface area contributed by atoms with Gasteiger partial charge in [-0.05, 0) is 17.5 Å². The van der Waals surface area contributed by atoms with Crippen LogP contribution in [0.25, 0.3) is 0 Å². The maximum Gasteiger partial charge on any atom is 0.221 e. The number of carbonyl (C=O) groups excluding carboxylic acids is 1. The van der Waals surface area contributed by atoms with Crippen molar-refractivity contribution in [1.82, 2.24) is 5.32 Å². The Labute approximate surface area is 76.9 Å². The van der Waals surface area contributed by atoms with Crippen LogP contribution in [0.1, 0.15) is 23.7 Å². The predicted molar refractivity (Wildman–Crippen MR) is 49.8 cm³/mol. The SMILES string of the molecule is N[C@H]1NC(=O)CCc2ccccc21. The molecule has 0 aromatic heterocycles. The molecule has 2 rings (SSSR count). The highest BCUT2D eigenvalue weighted by atomic mass is 16.1. The minimum Gasteiger partial charge on any atom is -0.337 e. The Hall–Kier alpha value is -1.35. The van der Waals surface area contributed by atoms with Gasteiger partial charge in [0, 0.05) is 6.42 Å². The zero-order valence-electron chi connectivity index (χ0n) is 7.29. The molecule has 0 radical (unpaired) electrons. The van der Waals surface area contributed by atoms with Crippen LogP contribution >= 0.6 is 0 Å². The standard InChI is InChI=1S/C10H12N2O/c11-10-8-4-2-1-3-7(8)5-6-9(13)12-10/h1-4,10H,5-6,11H2,(H,12,13)/t10-/m0/s1. The molecule has 1 aliphatic rings. The van der Waals surface area contributed by atoms with E-state index in [4.69, 9.17) is 5.73 Å². The predicted octanol–water partition coefficient (Wildman–Crippen LogP) is 0.706. The van der Waals surface area contributed by atoms with E-state index in [1.807, 2.05) is 24.3 Å². The molecule has 1 aromatic rings. The Morgan fingerprint density at radius 1 is 1.31 bits per heavy atom. The van der Waals surface area contributed by atoms with E-state index in [2.05, 4.69) is 5.32 Å². The maximum atomic E-state index is 11.2. The van der Waals surface area contributed by atoms with Crippen LogP contribution in [0.2, 0.25) is 0 Å². The molecule has 0 aliphatic carbocycles. The van der Waals surface area contributed by atoms with Crippen LogP contribution in [0.15, 0.2) is 24.3 Å². The molecule has 3 N–H and O–H groups in total. The van der Waals surface area contributed by atoms with Gasteiger partial charge in [0.15, 0.2) is 0 Å². The average Bonchev–Trinajstić information content (AvgIpc) is 2.27. The van der Waals surface area contributed by atoms with Gasteiger partial charge >= 0.3 is 0 Å². The Morgan fingerprint density at radius 2 is 2.08 bits per heavy atom. The number of fused-ring (bicyclic) bond motifs is 1. The lowest BCUT2D eigenvalue weighted by atomic mass is 10.0. The summed E-state index contributed by atoms with van der Waals surface area (Å²) in [5, 5.41) is 2.74. The quantitative estimate of drug-likeness (QED) is 0.611. The smallest absolute Gasteiger partial charge is 0.221 e. The van der Waals surface area contributed by atoms with E-state index >= 15 is 0 Å². The third-order valence-electron chi connectivity index (χ3n) is 2.33. The van der Waals surface area contributed by atoms with Gasteiger partial charge in [0.1, 0.15) is 6.17 Å². The third kappa shape index (κ3) is 1.55. The van der Waals surface area contributed by atoms with Gasteiger partial charge in [0.05, 0.1) is 0 Å². The molecular weight excluding hydrogens is 164 g/mol. The topological polar surface area (TPSA) is 55.1 Å². The van der Waals surface area contributed by atoms with Gasteiger partial charge in [-0.1, -0.05) is 24.3 Å². The monoisotopic (exact) mass is 176 g/mol. The van der Waals surface area contributed by atoms with E-state index in [0.29, 0.717) is 6.42 Å². The van der Waals surface area contributed by atoms with Crippen LogP contribution < -0.4 is 11.1 Å². The fourth-order valence-corrected chi connectivity index (χ4v) is 1.64. The second kappa shape index (κ2) is 3.18. The summed E-state index contributed by atoms with van der Waals surface area (Å²) in [7, 11) is 0. The molecule has 1 aliphatic heterocycles. The van der Waals surface area contributed by atoms with E-state index in [1.165, 1.54) is 5.56 Å². The van der Waals surface area contributed by atoms with Crippen molar-refractivity contribution >= 4 is 5.91 Å². The first-order valence-corrected chi connectivity index (χ1v) is 4.40. The van der Waals surface area contributed by atoms with E-state index < -0.39 is 0 Å². The molecule has 1 aromatic carbocycles. The number of amides is 1. The third-order valence-corrected chi connectivity index (χ3v) is 2.33. The zero-order chi connectivity index (χ0) is 9.26. The summed E-state index contributed by atoms with van der Waals surface area (Å²) in [5.74, 6) is 0.0312. The summed E-state index contributed by atoms with van der Waals surface area (Å²) in [4.78, 5) is 11.2. The van der Waals surface area contributed by atoms with E-state index in [-0.39, 0.29) is 12.1 Å². The first-order valence-electron chi connectivity index (χ1n) is 4.40. The molecule has 3 nitrogen and oxygen atoms in total. The Balaban J connectivity index is 2.40. The highest BCUT2D eigenvalue weighted by Crippen LogP contribution is 2.18. The molecule has 0 spiro atoms. The van der Waals surface area contributed by atoms with Gasteiger partial charge in [-0.15, -0.1) is 0 Å². The summed E-state index contributed by atoms with van der Waals surface area (Å²) in [6.45, 7) is 0. The molecule has 1 atom stereocenters. The lowest BCUT2D eigenvalue weighted by molar-refractivity contribution is -0.121. The molecule has 68 valence electrons. The Bertz CT molecular complexity index is 335. The maximum absolute atomic E-state index is 11.2. The van der Waals surface area contributed by atoms with Gasteiger partial charge in [-0.3, -0.25) is 4.79 Å². The van der Waals surface area contributed by atoms with Gasteiger partial charge in [0.2, 0.25) is 5.91 Å². The van der Waals surface area contributed by atoms with Crippen molar-refractivity contribution in [2.75, 3.05) is 0 Å². The number of nitrogens with two attached hydrogens (primary N) is 1. The van der Waals surface area contributed by atoms with Crippen LogP contribution in [-0.4, -0.2) is 5.91 Å². The number of carbonyl (C=O) groups is 1. The van der Waals surface area contributed by atoms with Crippen molar-refractivity contribution in [3.63, 3.8) is 0 Å². The minimum atomic E-state index is -0.341. The highest BCUT2D eigenvalue weighted by molar-refractivity contribution is 5.77. The summed E-state index contributed by atoms with van der Waals surface area (Å²) in [5.41, 5.74) is 8.01. The van der Waals surface area contributed by atoms with Crippen LogP contribution in [0.5, 0.6) is 0 Å². The molecule has 0 unspecified atom stereocenters. The second-order valence-corrected chi connectivity index (χ2v) is 3.24. The van der Waals surface area contributed by atoms with Crippen LogP contribution in [-0.2, 0) is 11.2 Å². The number of nitrogens with one attached hydrogen (secondary N) is 1. The summed E-state index contributed by atoms with van der Waals surface area (Å²) >= 11 is 0. The molecule has 1 heterocycles. The number of rotatable bonds is 0. The number of hydrogen-bond acceptors (Lipinski definition) is 2. The number of hydrogen-bond donors (Lipinski definition) is 2. The lowest BCUT2D eigenvalue weighted by Gasteiger charge is -2.12. The molecule has 13 heavy (non-hydrogen) atoms. The minimum absolute atomic E-state index is 0.0312. The largest absolute Gasteiger partial charge is 0.337 e. The van der Waals surface area contributed by atoms with E-state index in [0.717, 1.165) is 12.0 Å². The summed E-state index contributed by atoms with van der Waals surface area (Å²) < 4.78 is 0. The summed E-state index contributed by atoms with van der Waals surface area (Å²) in [6.07, 6.45) is 0.978. The molecular formula is C10H12N2O. The number of benzene rings is 1. The van der Waals surface area contributed by atoms with Crippen molar-refractivity contribution < 1.29 is 4.79 Å². The molecule has 0 bridgehead atoms. The van der Waals surface area contributed by atoms with Gasteiger partial charge < -0.3 is 11.1 Å². The summed E-state index contributed by atoms with van der Waals surface area (Å²) in [6, 6.07) is 7.90. The van der Waals surface area contributed by atoms with E-state index in [1.54, 1.807) is 0 Å². The average molecular weight is 176 g/mol. The van der Waals surface area contributed by atoms with Crippen LogP contribution in [0, 0.1) is 0 Å². The first kappa shape index (κ1) is 8.26. The Kier molecular flexibility index (Phi) is 2.02. The fraction of sp³-hybridized carbons (Fsp3) is 0.300. The van der Waals surface area contributed by atoms with Crippen LogP contribution in [0.4, 0.5) is 0 Å². The molecule has 3 heteroatoms. The zero-order valence-corrected chi connectivity index (χ0v) is 7.29. The first-order chi connectivity index (χ1) is 6.27. The lowest BCUT2D eigenvalue weighted by Crippen LogP contribution is -2.32. The molecule has 1 amide bonds. The molecule has 0 saturated heterocycles. The number of aryl methyl sites for hydroxylation is 1. The fourth-order valence-electron chi connectivity index (χ4n) is 1.64. The Morgan fingerprint density at radius 3 is 2.92 bits per heavy atom. The van der Waals surface area contributed by atoms with Crippen LogP contribution in [0.3, 0.4) is 0 Å². The van der Waals surface area contributed by atoms with Crippen molar-refractivity contribution in [1.29, 1.82) is 0 Å².